The van der Waals surface area contributed by atoms with Gasteiger partial charge in [0, 0.05) is 23.5 Å². The summed E-state index contributed by atoms with van der Waals surface area (Å²) in [4.78, 5) is 12.1. The first kappa shape index (κ1) is 12.7. The molecular weight excluding hydrogens is 255 g/mol. The number of amides is 1. The summed E-state index contributed by atoms with van der Waals surface area (Å²) in [7, 11) is 0. The number of hydrogen-bond donors (Lipinski definition) is 2. The molecule has 0 spiro atoms. The SMILES string of the molecule is Cc1ccc(NC(=O)c2ccc3c(c2)NCC3)cc1F. The van der Waals surface area contributed by atoms with Gasteiger partial charge in [-0.05, 0) is 48.7 Å². The Kier molecular flexibility index (Phi) is 3.14. The molecule has 2 aromatic rings. The minimum atomic E-state index is -0.321. The van der Waals surface area contributed by atoms with Crippen molar-refractivity contribution in [1.29, 1.82) is 0 Å². The molecule has 1 heterocycles. The molecule has 102 valence electrons. The maximum atomic E-state index is 13.5. The van der Waals surface area contributed by atoms with Crippen LogP contribution in [0.4, 0.5) is 15.8 Å². The molecule has 1 aliphatic heterocycles. The number of nitrogens with one attached hydrogen (secondary N) is 2. The summed E-state index contributed by atoms with van der Waals surface area (Å²) in [6.45, 7) is 2.59. The van der Waals surface area contributed by atoms with Gasteiger partial charge in [-0.15, -0.1) is 0 Å². The summed E-state index contributed by atoms with van der Waals surface area (Å²) in [5, 5.41) is 5.95. The fourth-order valence-corrected chi connectivity index (χ4v) is 2.31. The van der Waals surface area contributed by atoms with Crippen LogP contribution in [0.3, 0.4) is 0 Å². The molecule has 3 nitrogen and oxygen atoms in total. The van der Waals surface area contributed by atoms with Gasteiger partial charge >= 0.3 is 0 Å². The van der Waals surface area contributed by atoms with E-state index in [-0.39, 0.29) is 11.7 Å². The molecule has 1 amide bonds. The highest BCUT2D eigenvalue weighted by atomic mass is 19.1. The topological polar surface area (TPSA) is 41.1 Å². The van der Waals surface area contributed by atoms with Crippen LogP contribution in [0, 0.1) is 12.7 Å². The predicted octanol–water partition coefficient (Wildman–Crippen LogP) is 3.35. The van der Waals surface area contributed by atoms with Crippen LogP contribution in [0.15, 0.2) is 36.4 Å². The molecule has 1 aliphatic rings. The van der Waals surface area contributed by atoms with Gasteiger partial charge in [0.1, 0.15) is 5.82 Å². The Labute approximate surface area is 116 Å². The van der Waals surface area contributed by atoms with Crippen LogP contribution in [0.1, 0.15) is 21.5 Å². The molecule has 0 saturated heterocycles. The van der Waals surface area contributed by atoms with Crippen LogP contribution < -0.4 is 10.6 Å². The van der Waals surface area contributed by atoms with Crippen LogP contribution in [-0.4, -0.2) is 12.5 Å². The molecular formula is C16H15FN2O. The Balaban J connectivity index is 1.80. The van der Waals surface area contributed by atoms with E-state index < -0.39 is 0 Å². The molecule has 2 aromatic carbocycles. The molecule has 0 radical (unpaired) electrons. The van der Waals surface area contributed by atoms with Gasteiger partial charge < -0.3 is 10.6 Å². The van der Waals surface area contributed by atoms with Crippen LogP contribution in [-0.2, 0) is 6.42 Å². The lowest BCUT2D eigenvalue weighted by Crippen LogP contribution is -2.12. The van der Waals surface area contributed by atoms with Gasteiger partial charge in [0.15, 0.2) is 0 Å². The van der Waals surface area contributed by atoms with Crippen LogP contribution in [0.2, 0.25) is 0 Å². The lowest BCUT2D eigenvalue weighted by molar-refractivity contribution is 0.102. The Bertz CT molecular complexity index is 682. The number of anilines is 2. The van der Waals surface area contributed by atoms with Crippen molar-refractivity contribution < 1.29 is 9.18 Å². The first-order valence-electron chi connectivity index (χ1n) is 6.58. The number of carbonyl (C=O) groups is 1. The zero-order valence-corrected chi connectivity index (χ0v) is 11.2. The van der Waals surface area contributed by atoms with Crippen molar-refractivity contribution in [3.05, 3.63) is 58.9 Å². The van der Waals surface area contributed by atoms with Crippen LogP contribution in [0.5, 0.6) is 0 Å². The van der Waals surface area contributed by atoms with E-state index in [1.165, 1.54) is 11.6 Å². The second kappa shape index (κ2) is 4.96. The van der Waals surface area contributed by atoms with Crippen molar-refractivity contribution >= 4 is 17.3 Å². The van der Waals surface area contributed by atoms with Gasteiger partial charge in [-0.3, -0.25) is 4.79 Å². The fourth-order valence-electron chi connectivity index (χ4n) is 2.31. The number of aryl methyl sites for hydroxylation is 1. The maximum absolute atomic E-state index is 13.5. The summed E-state index contributed by atoms with van der Waals surface area (Å²) in [6.07, 6.45) is 0.987. The van der Waals surface area contributed by atoms with Crippen molar-refractivity contribution in [3.63, 3.8) is 0 Å². The average molecular weight is 270 g/mol. The Morgan fingerprint density at radius 2 is 2.10 bits per heavy atom. The number of carbonyl (C=O) groups excluding carboxylic acids is 1. The number of fused-ring (bicyclic) bond motifs is 1. The monoisotopic (exact) mass is 270 g/mol. The van der Waals surface area contributed by atoms with Crippen LogP contribution in [0.25, 0.3) is 0 Å². The quantitative estimate of drug-likeness (QED) is 0.878. The largest absolute Gasteiger partial charge is 0.384 e. The minimum absolute atomic E-state index is 0.232. The summed E-state index contributed by atoms with van der Waals surface area (Å²) in [5.74, 6) is -0.553. The molecule has 0 aliphatic carbocycles. The van der Waals surface area contributed by atoms with Crippen molar-refractivity contribution in [2.75, 3.05) is 17.2 Å². The summed E-state index contributed by atoms with van der Waals surface area (Å²) >= 11 is 0. The Hall–Kier alpha value is -2.36. The second-order valence-electron chi connectivity index (χ2n) is 4.97. The maximum Gasteiger partial charge on any atom is 0.255 e. The third-order valence-corrected chi connectivity index (χ3v) is 3.51. The highest BCUT2D eigenvalue weighted by Gasteiger charge is 2.13. The first-order chi connectivity index (χ1) is 9.63. The molecule has 0 aromatic heterocycles. The molecule has 0 bridgehead atoms. The third-order valence-electron chi connectivity index (χ3n) is 3.51. The Morgan fingerprint density at radius 3 is 2.90 bits per heavy atom. The normalized spacial score (nSPS) is 12.7. The van der Waals surface area contributed by atoms with E-state index in [4.69, 9.17) is 0 Å². The molecule has 0 unspecified atom stereocenters. The third kappa shape index (κ3) is 2.37. The zero-order valence-electron chi connectivity index (χ0n) is 11.2. The van der Waals surface area contributed by atoms with Crippen LogP contribution >= 0.6 is 0 Å². The molecule has 0 fully saturated rings. The lowest BCUT2D eigenvalue weighted by Gasteiger charge is -2.08. The molecule has 4 heteroatoms. The smallest absolute Gasteiger partial charge is 0.255 e. The van der Waals surface area contributed by atoms with Gasteiger partial charge in [-0.25, -0.2) is 4.39 Å². The van der Waals surface area contributed by atoms with E-state index in [9.17, 15) is 9.18 Å². The molecule has 2 N–H and O–H groups in total. The van der Waals surface area contributed by atoms with Gasteiger partial charge in [-0.2, -0.15) is 0 Å². The number of benzene rings is 2. The van der Waals surface area contributed by atoms with Crippen molar-refractivity contribution in [2.24, 2.45) is 0 Å². The number of halogens is 1. The van der Waals surface area contributed by atoms with Gasteiger partial charge in [0.2, 0.25) is 0 Å². The minimum Gasteiger partial charge on any atom is -0.384 e. The molecule has 20 heavy (non-hydrogen) atoms. The summed E-state index contributed by atoms with van der Waals surface area (Å²) in [5.41, 5.74) is 3.83. The van der Waals surface area contributed by atoms with Crippen molar-refractivity contribution in [3.8, 4) is 0 Å². The van der Waals surface area contributed by atoms with E-state index in [0.717, 1.165) is 18.7 Å². The predicted molar refractivity (Wildman–Crippen MR) is 77.7 cm³/mol. The fraction of sp³-hybridized carbons (Fsp3) is 0.188. The molecule has 3 rings (SSSR count). The highest BCUT2D eigenvalue weighted by Crippen LogP contribution is 2.24. The van der Waals surface area contributed by atoms with E-state index in [0.29, 0.717) is 16.8 Å². The highest BCUT2D eigenvalue weighted by molar-refractivity contribution is 6.05. The van der Waals surface area contributed by atoms with Gasteiger partial charge in [-0.1, -0.05) is 12.1 Å². The first-order valence-corrected chi connectivity index (χ1v) is 6.58. The molecule has 0 atom stereocenters. The Morgan fingerprint density at radius 1 is 1.25 bits per heavy atom. The van der Waals surface area contributed by atoms with Crippen molar-refractivity contribution in [2.45, 2.75) is 13.3 Å². The number of rotatable bonds is 2. The van der Waals surface area contributed by atoms with E-state index in [1.54, 1.807) is 25.1 Å². The molecule has 0 saturated carbocycles. The summed E-state index contributed by atoms with van der Waals surface area (Å²) < 4.78 is 13.5. The lowest BCUT2D eigenvalue weighted by atomic mass is 10.1. The van der Waals surface area contributed by atoms with Gasteiger partial charge in [0.05, 0.1) is 0 Å². The average Bonchev–Trinajstić information content (AvgIpc) is 2.90. The van der Waals surface area contributed by atoms with E-state index >= 15 is 0 Å². The zero-order chi connectivity index (χ0) is 14.1. The van der Waals surface area contributed by atoms with Gasteiger partial charge in [0.25, 0.3) is 5.91 Å². The summed E-state index contributed by atoms with van der Waals surface area (Å²) in [6, 6.07) is 10.3. The standard InChI is InChI=1S/C16H15FN2O/c1-10-2-5-13(9-14(10)17)19-16(20)12-4-3-11-6-7-18-15(11)8-12/h2-5,8-9,18H,6-7H2,1H3,(H,19,20). The number of hydrogen-bond acceptors (Lipinski definition) is 2. The van der Waals surface area contributed by atoms with E-state index in [2.05, 4.69) is 10.6 Å². The van der Waals surface area contributed by atoms with Crippen molar-refractivity contribution in [1.82, 2.24) is 0 Å². The van der Waals surface area contributed by atoms with E-state index in [1.807, 2.05) is 12.1 Å². The second-order valence-corrected chi connectivity index (χ2v) is 4.97.